The number of aromatic nitrogens is 1. The Kier molecular flexibility index (Phi) is 5.71. The summed E-state index contributed by atoms with van der Waals surface area (Å²) in [5.41, 5.74) is 11.2. The number of thiophene rings is 2. The van der Waals surface area contributed by atoms with E-state index in [4.69, 9.17) is 0 Å². The van der Waals surface area contributed by atoms with Crippen LogP contribution in [0.15, 0.2) is 121 Å². The van der Waals surface area contributed by atoms with Crippen molar-refractivity contribution in [2.75, 3.05) is 5.32 Å². The van der Waals surface area contributed by atoms with Crippen LogP contribution in [0.1, 0.15) is 26.3 Å². The van der Waals surface area contributed by atoms with Crippen LogP contribution in [-0.2, 0) is 5.41 Å². The first-order valence-corrected chi connectivity index (χ1v) is 17.8. The fraction of sp³-hybridized carbons (Fsp3) is 0.0952. The highest BCUT2D eigenvalue weighted by atomic mass is 32.1. The molecule has 0 unspecified atom stereocenters. The molecule has 0 spiro atoms. The van der Waals surface area contributed by atoms with Gasteiger partial charge in [-0.05, 0) is 75.3 Å². The van der Waals surface area contributed by atoms with E-state index in [1.165, 1.54) is 84.7 Å². The number of hydrogen-bond acceptors (Lipinski definition) is 3. The molecule has 4 heterocycles. The van der Waals surface area contributed by atoms with Gasteiger partial charge in [0.25, 0.3) is 0 Å². The molecule has 9 aromatic rings. The zero-order valence-electron chi connectivity index (χ0n) is 26.4. The predicted octanol–water partition coefficient (Wildman–Crippen LogP) is 11.0. The van der Waals surface area contributed by atoms with E-state index >= 15 is 0 Å². The van der Waals surface area contributed by atoms with Crippen molar-refractivity contribution in [3.63, 3.8) is 0 Å². The molecule has 1 aliphatic heterocycles. The SMILES string of the molecule is CC(C)(C)c1ccc2sc3c(c2c1)-n1c2cc4c(cc2c2ccc(-c5ccccc5Nc5ccccc5)c(c21)[B]3)sc1ccccc14. The van der Waals surface area contributed by atoms with Gasteiger partial charge in [-0.1, -0.05) is 93.6 Å². The van der Waals surface area contributed by atoms with Crippen LogP contribution in [0.4, 0.5) is 11.4 Å². The lowest BCUT2D eigenvalue weighted by Crippen LogP contribution is -2.35. The molecule has 0 saturated carbocycles. The highest BCUT2D eigenvalue weighted by Crippen LogP contribution is 2.44. The van der Waals surface area contributed by atoms with Crippen molar-refractivity contribution < 1.29 is 0 Å². The third-order valence-corrected chi connectivity index (χ3v) is 12.0. The van der Waals surface area contributed by atoms with Crippen molar-refractivity contribution >= 4 is 104 Å². The van der Waals surface area contributed by atoms with E-state index in [0.29, 0.717) is 0 Å². The maximum absolute atomic E-state index is 3.71. The summed E-state index contributed by atoms with van der Waals surface area (Å²) in [6, 6.07) is 44.7. The quantitative estimate of drug-likeness (QED) is 0.191. The molecule has 1 radical (unpaired) electrons. The van der Waals surface area contributed by atoms with Crippen LogP contribution in [0.25, 0.3) is 68.9 Å². The van der Waals surface area contributed by atoms with Gasteiger partial charge in [-0.25, -0.2) is 0 Å². The molecule has 0 amide bonds. The molecule has 5 heteroatoms. The summed E-state index contributed by atoms with van der Waals surface area (Å²) < 4.78 is 7.93. The van der Waals surface area contributed by atoms with Crippen molar-refractivity contribution in [2.45, 2.75) is 26.2 Å². The summed E-state index contributed by atoms with van der Waals surface area (Å²) in [6.45, 7) is 6.93. The molecule has 0 bridgehead atoms. The fourth-order valence-corrected chi connectivity index (χ4v) is 9.73. The monoisotopic (exact) mass is 637 g/mol. The largest absolute Gasteiger partial charge is 0.355 e. The van der Waals surface area contributed by atoms with Crippen molar-refractivity contribution in [2.24, 2.45) is 0 Å². The van der Waals surface area contributed by atoms with E-state index in [1.54, 1.807) is 0 Å². The van der Waals surface area contributed by atoms with Gasteiger partial charge in [-0.2, -0.15) is 0 Å². The van der Waals surface area contributed by atoms with Crippen molar-refractivity contribution in [3.8, 4) is 16.8 Å². The zero-order chi connectivity index (χ0) is 31.4. The average Bonchev–Trinajstić information content (AvgIpc) is 3.74. The topological polar surface area (TPSA) is 17.0 Å². The van der Waals surface area contributed by atoms with Crippen molar-refractivity contribution in [1.29, 1.82) is 0 Å². The molecular formula is C42H30BN2S2. The van der Waals surface area contributed by atoms with Crippen molar-refractivity contribution in [3.05, 3.63) is 127 Å². The van der Waals surface area contributed by atoms with Gasteiger partial charge in [0.2, 0.25) is 7.28 Å². The average molecular weight is 638 g/mol. The normalized spacial score (nSPS) is 12.7. The van der Waals surface area contributed by atoms with Crippen LogP contribution in [-0.4, -0.2) is 11.8 Å². The van der Waals surface area contributed by atoms with E-state index in [2.05, 4.69) is 159 Å². The molecule has 47 heavy (non-hydrogen) atoms. The molecule has 0 atom stereocenters. The summed E-state index contributed by atoms with van der Waals surface area (Å²) in [5, 5.41) is 10.3. The van der Waals surface area contributed by atoms with Gasteiger partial charge >= 0.3 is 0 Å². The molecule has 0 fully saturated rings. The maximum atomic E-state index is 3.71. The predicted molar refractivity (Wildman–Crippen MR) is 208 cm³/mol. The third kappa shape index (κ3) is 4.03. The van der Waals surface area contributed by atoms with Crippen LogP contribution in [0.5, 0.6) is 0 Å². The highest BCUT2D eigenvalue weighted by molar-refractivity contribution is 7.29. The van der Waals surface area contributed by atoms with E-state index in [-0.39, 0.29) is 5.41 Å². The van der Waals surface area contributed by atoms with Crippen LogP contribution in [0.3, 0.4) is 0 Å². The molecule has 1 aliphatic rings. The van der Waals surface area contributed by atoms with Gasteiger partial charge in [0, 0.05) is 63.5 Å². The molecule has 10 rings (SSSR count). The summed E-state index contributed by atoms with van der Waals surface area (Å²) >= 11 is 3.80. The van der Waals surface area contributed by atoms with E-state index in [0.717, 1.165) is 11.4 Å². The van der Waals surface area contributed by atoms with Gasteiger partial charge in [-0.3, -0.25) is 0 Å². The van der Waals surface area contributed by atoms with E-state index in [1.807, 2.05) is 22.7 Å². The van der Waals surface area contributed by atoms with Gasteiger partial charge < -0.3 is 9.88 Å². The lowest BCUT2D eigenvalue weighted by Gasteiger charge is -2.22. The van der Waals surface area contributed by atoms with E-state index in [9.17, 15) is 0 Å². The minimum absolute atomic E-state index is 0.0672. The maximum Gasteiger partial charge on any atom is 0.211 e. The van der Waals surface area contributed by atoms with Crippen LogP contribution in [0, 0.1) is 0 Å². The fourth-order valence-electron chi connectivity index (χ4n) is 7.49. The summed E-state index contributed by atoms with van der Waals surface area (Å²) in [5.74, 6) is 0. The first-order chi connectivity index (χ1) is 22.9. The first-order valence-electron chi connectivity index (χ1n) is 16.2. The number of rotatable bonds is 3. The van der Waals surface area contributed by atoms with E-state index < -0.39 is 0 Å². The number of fused-ring (bicyclic) bond motifs is 10. The van der Waals surface area contributed by atoms with Crippen LogP contribution < -0.4 is 15.6 Å². The number of hydrogen-bond donors (Lipinski definition) is 1. The molecule has 2 nitrogen and oxygen atoms in total. The molecule has 0 saturated heterocycles. The number of para-hydroxylation sites is 2. The summed E-state index contributed by atoms with van der Waals surface area (Å²) in [7, 11) is 2.46. The minimum Gasteiger partial charge on any atom is -0.355 e. The molecule has 223 valence electrons. The molecule has 6 aromatic carbocycles. The number of anilines is 2. The minimum atomic E-state index is 0.0672. The highest BCUT2D eigenvalue weighted by Gasteiger charge is 2.30. The molecular weight excluding hydrogens is 607 g/mol. The van der Waals surface area contributed by atoms with Crippen molar-refractivity contribution in [1.82, 2.24) is 4.57 Å². The Bertz CT molecular complexity index is 2720. The van der Waals surface area contributed by atoms with Gasteiger partial charge in [0.05, 0.1) is 11.2 Å². The van der Waals surface area contributed by atoms with Crippen LogP contribution >= 0.6 is 22.7 Å². The standard InChI is InChI=1S/C42H30BN2S2/c1-42(2,3)24-17-20-36-32(21-24)40-41(47-36)43-38-28(26-13-7-9-15-33(26)44-25-11-5-4-6-12-25)18-19-29-30-23-37-31(22-34(30)45(40)39(29)38)27-14-8-10-16-35(27)46-37/h4-23,44H,1-3H3. The second kappa shape index (κ2) is 9.84. The summed E-state index contributed by atoms with van der Waals surface area (Å²) in [4.78, 5) is 0. The number of nitrogens with zero attached hydrogens (tertiary/aromatic N) is 1. The lowest BCUT2D eigenvalue weighted by molar-refractivity contribution is 0.591. The Morgan fingerprint density at radius 2 is 1.38 bits per heavy atom. The second-order valence-electron chi connectivity index (χ2n) is 13.7. The Morgan fingerprint density at radius 3 is 2.26 bits per heavy atom. The Labute approximate surface area is 282 Å². The number of nitrogens with one attached hydrogen (secondary N) is 1. The Hall–Kier alpha value is -4.84. The third-order valence-electron chi connectivity index (χ3n) is 9.79. The molecule has 1 N–H and O–H groups in total. The second-order valence-corrected chi connectivity index (χ2v) is 15.8. The smallest absolute Gasteiger partial charge is 0.211 e. The number of benzene rings is 6. The molecule has 3 aromatic heterocycles. The van der Waals surface area contributed by atoms with Crippen LogP contribution in [0.2, 0.25) is 0 Å². The van der Waals surface area contributed by atoms with Gasteiger partial charge in [0.15, 0.2) is 0 Å². The van der Waals surface area contributed by atoms with Gasteiger partial charge in [-0.15, -0.1) is 22.7 Å². The Morgan fingerprint density at radius 1 is 0.596 bits per heavy atom. The summed E-state index contributed by atoms with van der Waals surface area (Å²) in [6.07, 6.45) is 0. The molecule has 0 aliphatic carbocycles. The lowest BCUT2D eigenvalue weighted by atomic mass is 9.63. The van der Waals surface area contributed by atoms with Gasteiger partial charge in [0.1, 0.15) is 0 Å². The first kappa shape index (κ1) is 27.3. The Balaban J connectivity index is 1.31. The zero-order valence-corrected chi connectivity index (χ0v) is 28.0.